The minimum absolute atomic E-state index is 0.109. The highest BCUT2D eigenvalue weighted by atomic mass is 16.2. The van der Waals surface area contributed by atoms with Crippen molar-refractivity contribution in [1.82, 2.24) is 0 Å². The van der Waals surface area contributed by atoms with E-state index in [4.69, 9.17) is 0 Å². The van der Waals surface area contributed by atoms with E-state index in [-0.39, 0.29) is 11.8 Å². The third kappa shape index (κ3) is 3.73. The van der Waals surface area contributed by atoms with E-state index in [0.29, 0.717) is 12.0 Å². The predicted molar refractivity (Wildman–Crippen MR) is 101 cm³/mol. The van der Waals surface area contributed by atoms with Crippen LogP contribution in [0.15, 0.2) is 36.4 Å². The fourth-order valence-corrected chi connectivity index (χ4v) is 3.28. The van der Waals surface area contributed by atoms with Crippen molar-refractivity contribution in [3.8, 4) is 0 Å². The molecule has 0 saturated carbocycles. The van der Waals surface area contributed by atoms with Crippen LogP contribution < -0.4 is 10.2 Å². The van der Waals surface area contributed by atoms with Crippen molar-refractivity contribution in [1.29, 1.82) is 0 Å². The summed E-state index contributed by atoms with van der Waals surface area (Å²) in [7, 11) is 0. The van der Waals surface area contributed by atoms with Crippen LogP contribution in [0.3, 0.4) is 0 Å². The van der Waals surface area contributed by atoms with Crippen molar-refractivity contribution in [2.75, 3.05) is 16.8 Å². The molecule has 0 unspecified atom stereocenters. The van der Waals surface area contributed by atoms with Crippen LogP contribution in [0.5, 0.6) is 0 Å². The van der Waals surface area contributed by atoms with Crippen LogP contribution in [-0.2, 0) is 4.79 Å². The lowest BCUT2D eigenvalue weighted by molar-refractivity contribution is -0.119. The van der Waals surface area contributed by atoms with Crippen LogP contribution in [0.4, 0.5) is 11.4 Å². The number of carbonyl (C=O) groups excluding carboxylic acids is 2. The van der Waals surface area contributed by atoms with Crippen molar-refractivity contribution >= 4 is 23.2 Å². The zero-order chi connectivity index (χ0) is 18.0. The van der Waals surface area contributed by atoms with Gasteiger partial charge in [-0.25, -0.2) is 0 Å². The molecule has 3 rings (SSSR count). The van der Waals surface area contributed by atoms with Gasteiger partial charge in [-0.15, -0.1) is 0 Å². The number of piperidine rings is 1. The zero-order valence-corrected chi connectivity index (χ0v) is 15.1. The van der Waals surface area contributed by atoms with Crippen LogP contribution in [0.25, 0.3) is 0 Å². The molecule has 1 heterocycles. The Morgan fingerprint density at radius 3 is 2.52 bits per heavy atom. The molecule has 4 nitrogen and oxygen atoms in total. The molecule has 1 aliphatic rings. The molecule has 0 aromatic heterocycles. The van der Waals surface area contributed by atoms with Gasteiger partial charge in [0, 0.05) is 29.9 Å². The fourth-order valence-electron chi connectivity index (χ4n) is 3.28. The van der Waals surface area contributed by atoms with Gasteiger partial charge in [0.25, 0.3) is 5.91 Å². The van der Waals surface area contributed by atoms with Crippen molar-refractivity contribution in [3.63, 3.8) is 0 Å². The third-order valence-electron chi connectivity index (χ3n) is 4.71. The predicted octanol–water partition coefficient (Wildman–Crippen LogP) is 4.38. The Morgan fingerprint density at radius 1 is 1.00 bits per heavy atom. The van der Waals surface area contributed by atoms with Crippen LogP contribution in [0.2, 0.25) is 0 Å². The minimum atomic E-state index is -0.109. The molecule has 2 amide bonds. The second-order valence-corrected chi connectivity index (χ2v) is 6.78. The van der Waals surface area contributed by atoms with Gasteiger partial charge >= 0.3 is 0 Å². The summed E-state index contributed by atoms with van der Waals surface area (Å²) in [6.45, 7) is 6.66. The first-order valence-corrected chi connectivity index (χ1v) is 8.75. The van der Waals surface area contributed by atoms with Gasteiger partial charge in [-0.05, 0) is 69.0 Å². The Kier molecular flexibility index (Phi) is 4.88. The van der Waals surface area contributed by atoms with E-state index in [0.717, 1.165) is 47.5 Å². The van der Waals surface area contributed by atoms with Crippen molar-refractivity contribution in [2.24, 2.45) is 0 Å². The molecule has 0 radical (unpaired) electrons. The van der Waals surface area contributed by atoms with E-state index in [2.05, 4.69) is 5.32 Å². The topological polar surface area (TPSA) is 49.4 Å². The van der Waals surface area contributed by atoms with Crippen LogP contribution >= 0.6 is 0 Å². The molecule has 25 heavy (non-hydrogen) atoms. The Balaban J connectivity index is 1.80. The first kappa shape index (κ1) is 17.2. The van der Waals surface area contributed by atoms with Gasteiger partial charge in [0.2, 0.25) is 5.91 Å². The average Bonchev–Trinajstić information content (AvgIpc) is 2.58. The van der Waals surface area contributed by atoms with E-state index < -0.39 is 0 Å². The van der Waals surface area contributed by atoms with Crippen LogP contribution in [0, 0.1) is 20.8 Å². The fraction of sp³-hybridized carbons (Fsp3) is 0.333. The molecule has 1 saturated heterocycles. The molecule has 0 aliphatic carbocycles. The van der Waals surface area contributed by atoms with Crippen molar-refractivity contribution in [2.45, 2.75) is 40.0 Å². The summed E-state index contributed by atoms with van der Waals surface area (Å²) < 4.78 is 0. The number of aryl methyl sites for hydroxylation is 3. The highest BCUT2D eigenvalue weighted by Gasteiger charge is 2.21. The maximum atomic E-state index is 12.6. The summed E-state index contributed by atoms with van der Waals surface area (Å²) in [5.41, 5.74) is 5.38. The summed E-state index contributed by atoms with van der Waals surface area (Å²) in [5, 5.41) is 2.97. The summed E-state index contributed by atoms with van der Waals surface area (Å²) in [6.07, 6.45) is 2.62. The van der Waals surface area contributed by atoms with E-state index >= 15 is 0 Å². The van der Waals surface area contributed by atoms with E-state index in [1.165, 1.54) is 0 Å². The number of hydrogen-bond acceptors (Lipinski definition) is 2. The Morgan fingerprint density at radius 2 is 1.80 bits per heavy atom. The van der Waals surface area contributed by atoms with Gasteiger partial charge < -0.3 is 10.2 Å². The first-order valence-electron chi connectivity index (χ1n) is 8.75. The molecule has 1 fully saturated rings. The SMILES string of the molecule is Cc1ccc(C)c(C(=O)Nc2ccc(N3CCCCC3=O)c(C)c2)c1. The highest BCUT2D eigenvalue weighted by molar-refractivity contribution is 6.05. The quantitative estimate of drug-likeness (QED) is 0.904. The van der Waals surface area contributed by atoms with Crippen molar-refractivity contribution < 1.29 is 9.59 Å². The largest absolute Gasteiger partial charge is 0.322 e. The molecular formula is C21H24N2O2. The Labute approximate surface area is 148 Å². The number of nitrogens with zero attached hydrogens (tertiary/aromatic N) is 1. The first-order chi connectivity index (χ1) is 12.0. The molecule has 0 atom stereocenters. The summed E-state index contributed by atoms with van der Waals surface area (Å²) in [6, 6.07) is 11.6. The van der Waals surface area contributed by atoms with Gasteiger partial charge in [-0.1, -0.05) is 17.7 Å². The molecule has 1 aliphatic heterocycles. The molecule has 2 aromatic carbocycles. The molecule has 0 bridgehead atoms. The standard InChI is InChI=1S/C21H24N2O2/c1-14-7-8-15(2)18(12-14)21(25)22-17-9-10-19(16(3)13-17)23-11-5-4-6-20(23)24/h7-10,12-13H,4-6,11H2,1-3H3,(H,22,25). The third-order valence-corrected chi connectivity index (χ3v) is 4.71. The maximum absolute atomic E-state index is 12.6. The zero-order valence-electron chi connectivity index (χ0n) is 15.1. The van der Waals surface area contributed by atoms with Gasteiger partial charge in [0.05, 0.1) is 0 Å². The number of amides is 2. The minimum Gasteiger partial charge on any atom is -0.322 e. The Hall–Kier alpha value is -2.62. The van der Waals surface area contributed by atoms with Gasteiger partial charge in [0.1, 0.15) is 0 Å². The lowest BCUT2D eigenvalue weighted by Gasteiger charge is -2.28. The van der Waals surface area contributed by atoms with Crippen LogP contribution in [0.1, 0.15) is 46.3 Å². The summed E-state index contributed by atoms with van der Waals surface area (Å²) in [4.78, 5) is 26.5. The Bertz CT molecular complexity index is 827. The van der Waals surface area contributed by atoms with E-state index in [1.54, 1.807) is 0 Å². The van der Waals surface area contributed by atoms with Gasteiger partial charge in [-0.2, -0.15) is 0 Å². The van der Waals surface area contributed by atoms with E-state index in [1.807, 2.05) is 62.1 Å². The van der Waals surface area contributed by atoms with E-state index in [9.17, 15) is 9.59 Å². The number of anilines is 2. The number of benzene rings is 2. The number of rotatable bonds is 3. The maximum Gasteiger partial charge on any atom is 0.255 e. The number of carbonyl (C=O) groups is 2. The molecule has 0 spiro atoms. The second kappa shape index (κ2) is 7.09. The van der Waals surface area contributed by atoms with Crippen molar-refractivity contribution in [3.05, 3.63) is 58.7 Å². The lowest BCUT2D eigenvalue weighted by atomic mass is 10.0. The molecule has 1 N–H and O–H groups in total. The summed E-state index contributed by atoms with van der Waals surface area (Å²) in [5.74, 6) is 0.0731. The van der Waals surface area contributed by atoms with Crippen LogP contribution in [-0.4, -0.2) is 18.4 Å². The lowest BCUT2D eigenvalue weighted by Crippen LogP contribution is -2.35. The van der Waals surface area contributed by atoms with Gasteiger partial charge in [0.15, 0.2) is 0 Å². The number of nitrogens with one attached hydrogen (secondary N) is 1. The molecular weight excluding hydrogens is 312 g/mol. The monoisotopic (exact) mass is 336 g/mol. The second-order valence-electron chi connectivity index (χ2n) is 6.78. The normalized spacial score (nSPS) is 14.5. The smallest absolute Gasteiger partial charge is 0.255 e. The highest BCUT2D eigenvalue weighted by Crippen LogP contribution is 2.27. The molecule has 4 heteroatoms. The molecule has 2 aromatic rings. The average molecular weight is 336 g/mol. The summed E-state index contributed by atoms with van der Waals surface area (Å²) >= 11 is 0. The number of hydrogen-bond donors (Lipinski definition) is 1. The van der Waals surface area contributed by atoms with Gasteiger partial charge in [-0.3, -0.25) is 9.59 Å². The molecule has 130 valence electrons.